The lowest BCUT2D eigenvalue weighted by Gasteiger charge is -2.00. The topological polar surface area (TPSA) is 68.0 Å². The van der Waals surface area contributed by atoms with E-state index in [0.717, 1.165) is 10.9 Å². The summed E-state index contributed by atoms with van der Waals surface area (Å²) in [6.07, 6.45) is 1.47. The maximum Gasteiger partial charge on any atom is 0.293 e. The molecule has 0 unspecified atom stereocenters. The molecule has 1 amide bonds. The molecule has 100 valence electrons. The molecule has 5 nitrogen and oxygen atoms in total. The van der Waals surface area contributed by atoms with Gasteiger partial charge in [0.2, 0.25) is 5.95 Å². The molecule has 2 heterocycles. The number of halogens is 1. The minimum Gasteiger partial charge on any atom is -0.451 e. The average molecular weight is 288 g/mol. The van der Waals surface area contributed by atoms with E-state index in [1.807, 2.05) is 25.1 Å². The first-order valence-electron chi connectivity index (χ1n) is 5.92. The molecule has 0 atom stereocenters. The summed E-state index contributed by atoms with van der Waals surface area (Å²) in [5.41, 5.74) is 1.76. The fourth-order valence-electron chi connectivity index (χ4n) is 1.83. The summed E-state index contributed by atoms with van der Waals surface area (Å²) in [6, 6.07) is 8.92. The maximum absolute atomic E-state index is 12.1. The SMILES string of the molecule is Cc1ccc2oc(C(=O)Nc3nccc(Cl)n3)cc2c1. The zero-order valence-electron chi connectivity index (χ0n) is 10.6. The predicted molar refractivity (Wildman–Crippen MR) is 75.9 cm³/mol. The highest BCUT2D eigenvalue weighted by molar-refractivity contribution is 6.29. The second kappa shape index (κ2) is 4.94. The zero-order chi connectivity index (χ0) is 14.1. The number of amides is 1. The molecule has 0 spiro atoms. The number of carbonyl (C=O) groups is 1. The third kappa shape index (κ3) is 2.48. The van der Waals surface area contributed by atoms with Crippen LogP contribution in [0.15, 0.2) is 40.9 Å². The highest BCUT2D eigenvalue weighted by Crippen LogP contribution is 2.21. The van der Waals surface area contributed by atoms with Crippen molar-refractivity contribution < 1.29 is 9.21 Å². The molecule has 0 aliphatic heterocycles. The van der Waals surface area contributed by atoms with Crippen LogP contribution in [0.4, 0.5) is 5.95 Å². The van der Waals surface area contributed by atoms with Gasteiger partial charge in [-0.2, -0.15) is 0 Å². The Bertz CT molecular complexity index is 798. The standard InChI is InChI=1S/C14H10ClN3O2/c1-8-2-3-10-9(6-8)7-11(20-10)13(19)18-14-16-5-4-12(15)17-14/h2-7H,1H3,(H,16,17,18,19). The summed E-state index contributed by atoms with van der Waals surface area (Å²) in [7, 11) is 0. The van der Waals surface area contributed by atoms with Gasteiger partial charge in [-0.05, 0) is 31.2 Å². The van der Waals surface area contributed by atoms with E-state index in [1.54, 1.807) is 6.07 Å². The molecule has 0 fully saturated rings. The summed E-state index contributed by atoms with van der Waals surface area (Å²) >= 11 is 5.73. The van der Waals surface area contributed by atoms with Crippen LogP contribution in [0.3, 0.4) is 0 Å². The minimum absolute atomic E-state index is 0.138. The van der Waals surface area contributed by atoms with Gasteiger partial charge in [-0.15, -0.1) is 0 Å². The van der Waals surface area contributed by atoms with Crippen LogP contribution in [0.1, 0.15) is 16.1 Å². The number of aromatic nitrogens is 2. The van der Waals surface area contributed by atoms with Crippen molar-refractivity contribution in [2.75, 3.05) is 5.32 Å². The van der Waals surface area contributed by atoms with E-state index >= 15 is 0 Å². The highest BCUT2D eigenvalue weighted by atomic mass is 35.5. The van der Waals surface area contributed by atoms with Crippen LogP contribution in [-0.4, -0.2) is 15.9 Å². The van der Waals surface area contributed by atoms with Crippen molar-refractivity contribution >= 4 is 34.4 Å². The number of aryl methyl sites for hydroxylation is 1. The number of benzene rings is 1. The molecule has 0 bridgehead atoms. The number of furan rings is 1. The Kier molecular flexibility index (Phi) is 3.12. The Morgan fingerprint density at radius 1 is 1.30 bits per heavy atom. The molecule has 6 heteroatoms. The normalized spacial score (nSPS) is 10.7. The van der Waals surface area contributed by atoms with Gasteiger partial charge in [0.1, 0.15) is 10.7 Å². The Morgan fingerprint density at radius 3 is 2.95 bits per heavy atom. The van der Waals surface area contributed by atoms with Crippen LogP contribution in [0.2, 0.25) is 5.15 Å². The summed E-state index contributed by atoms with van der Waals surface area (Å²) in [4.78, 5) is 19.8. The molecule has 2 aromatic heterocycles. The van der Waals surface area contributed by atoms with Crippen LogP contribution in [0.25, 0.3) is 11.0 Å². The van der Waals surface area contributed by atoms with Crippen LogP contribution >= 0.6 is 11.6 Å². The number of anilines is 1. The largest absolute Gasteiger partial charge is 0.451 e. The van der Waals surface area contributed by atoms with Crippen molar-refractivity contribution in [1.82, 2.24) is 9.97 Å². The molecule has 0 aliphatic carbocycles. The molecule has 0 saturated carbocycles. The van der Waals surface area contributed by atoms with Crippen LogP contribution in [0.5, 0.6) is 0 Å². The molecule has 20 heavy (non-hydrogen) atoms. The fraction of sp³-hybridized carbons (Fsp3) is 0.0714. The van der Waals surface area contributed by atoms with Crippen molar-refractivity contribution in [3.63, 3.8) is 0 Å². The minimum atomic E-state index is -0.416. The number of carbonyl (C=O) groups excluding carboxylic acids is 1. The first-order valence-corrected chi connectivity index (χ1v) is 6.30. The van der Waals surface area contributed by atoms with Gasteiger partial charge in [0.25, 0.3) is 5.91 Å². The molecular formula is C14H10ClN3O2. The van der Waals surface area contributed by atoms with Gasteiger partial charge in [-0.25, -0.2) is 9.97 Å². The van der Waals surface area contributed by atoms with Crippen LogP contribution < -0.4 is 5.32 Å². The van der Waals surface area contributed by atoms with Gasteiger partial charge >= 0.3 is 0 Å². The maximum atomic E-state index is 12.1. The van der Waals surface area contributed by atoms with E-state index in [0.29, 0.717) is 5.58 Å². The lowest BCUT2D eigenvalue weighted by atomic mass is 10.2. The lowest BCUT2D eigenvalue weighted by Crippen LogP contribution is -2.13. The second-order valence-corrected chi connectivity index (χ2v) is 4.70. The first-order chi connectivity index (χ1) is 9.61. The number of nitrogens with one attached hydrogen (secondary N) is 1. The first kappa shape index (κ1) is 12.6. The van der Waals surface area contributed by atoms with Crippen molar-refractivity contribution in [2.24, 2.45) is 0 Å². The quantitative estimate of drug-likeness (QED) is 0.733. The van der Waals surface area contributed by atoms with Crippen molar-refractivity contribution in [1.29, 1.82) is 0 Å². The third-order valence-electron chi connectivity index (χ3n) is 2.74. The molecule has 1 aromatic carbocycles. The number of hydrogen-bond acceptors (Lipinski definition) is 4. The van der Waals surface area contributed by atoms with Gasteiger partial charge in [0.05, 0.1) is 0 Å². The van der Waals surface area contributed by atoms with Crippen LogP contribution in [-0.2, 0) is 0 Å². The van der Waals surface area contributed by atoms with E-state index in [9.17, 15) is 4.79 Å². The number of nitrogens with zero attached hydrogens (tertiary/aromatic N) is 2. The Labute approximate surface area is 119 Å². The summed E-state index contributed by atoms with van der Waals surface area (Å²) in [5.74, 6) is -0.0746. The average Bonchev–Trinajstić information content (AvgIpc) is 2.81. The Morgan fingerprint density at radius 2 is 2.15 bits per heavy atom. The molecule has 0 aliphatic rings. The van der Waals surface area contributed by atoms with Crippen molar-refractivity contribution in [2.45, 2.75) is 6.92 Å². The van der Waals surface area contributed by atoms with Gasteiger partial charge in [-0.1, -0.05) is 23.2 Å². The fourth-order valence-corrected chi connectivity index (χ4v) is 1.97. The molecule has 1 N–H and O–H groups in total. The molecule has 3 aromatic rings. The van der Waals surface area contributed by atoms with Crippen molar-refractivity contribution in [3.8, 4) is 0 Å². The summed E-state index contributed by atoms with van der Waals surface area (Å²) in [5, 5.41) is 3.67. The third-order valence-corrected chi connectivity index (χ3v) is 2.95. The predicted octanol–water partition coefficient (Wildman–Crippen LogP) is 3.44. The Balaban J connectivity index is 1.88. The molecule has 0 radical (unpaired) electrons. The smallest absolute Gasteiger partial charge is 0.293 e. The van der Waals surface area contributed by atoms with Gasteiger partial charge in [-0.3, -0.25) is 10.1 Å². The van der Waals surface area contributed by atoms with E-state index in [2.05, 4.69) is 15.3 Å². The highest BCUT2D eigenvalue weighted by Gasteiger charge is 2.13. The molecule has 3 rings (SSSR count). The second-order valence-electron chi connectivity index (χ2n) is 4.31. The lowest BCUT2D eigenvalue weighted by molar-refractivity contribution is 0.0998. The van der Waals surface area contributed by atoms with Gasteiger partial charge in [0, 0.05) is 11.6 Å². The van der Waals surface area contributed by atoms with Crippen molar-refractivity contribution in [3.05, 3.63) is 53.0 Å². The molecular weight excluding hydrogens is 278 g/mol. The monoisotopic (exact) mass is 287 g/mol. The molecule has 0 saturated heterocycles. The summed E-state index contributed by atoms with van der Waals surface area (Å²) in [6.45, 7) is 1.98. The van der Waals surface area contributed by atoms with Gasteiger partial charge < -0.3 is 4.42 Å². The van der Waals surface area contributed by atoms with E-state index < -0.39 is 5.91 Å². The van der Waals surface area contributed by atoms with E-state index in [4.69, 9.17) is 16.0 Å². The number of hydrogen-bond donors (Lipinski definition) is 1. The number of rotatable bonds is 2. The van der Waals surface area contributed by atoms with E-state index in [-0.39, 0.29) is 16.9 Å². The van der Waals surface area contributed by atoms with Gasteiger partial charge in [0.15, 0.2) is 5.76 Å². The number of fused-ring (bicyclic) bond motifs is 1. The van der Waals surface area contributed by atoms with E-state index in [1.165, 1.54) is 12.3 Å². The summed E-state index contributed by atoms with van der Waals surface area (Å²) < 4.78 is 5.49. The zero-order valence-corrected chi connectivity index (χ0v) is 11.3. The Hall–Kier alpha value is -2.40. The van der Waals surface area contributed by atoms with Crippen LogP contribution in [0, 0.1) is 6.92 Å².